The van der Waals surface area contributed by atoms with Crippen LogP contribution in [0.15, 0.2) is 35.5 Å². The number of oxime groups is 1. The van der Waals surface area contributed by atoms with E-state index in [1.165, 1.54) is 11.8 Å². The van der Waals surface area contributed by atoms with Gasteiger partial charge in [-0.15, -0.1) is 0 Å². The summed E-state index contributed by atoms with van der Waals surface area (Å²) in [4.78, 5) is 44.3. The number of carbonyl (C=O) groups excluding carboxylic acids is 2. The molecule has 28 heavy (non-hydrogen) atoms. The van der Waals surface area contributed by atoms with Gasteiger partial charge in [0.15, 0.2) is 0 Å². The summed E-state index contributed by atoms with van der Waals surface area (Å²) in [6.07, 6.45) is 1.74. The number of carbonyl (C=O) groups is 3. The molecule has 8 nitrogen and oxygen atoms in total. The molecule has 2 aliphatic rings. The molecule has 0 bridgehead atoms. The van der Waals surface area contributed by atoms with E-state index in [-0.39, 0.29) is 24.4 Å². The van der Waals surface area contributed by atoms with Crippen LogP contribution in [0.25, 0.3) is 0 Å². The van der Waals surface area contributed by atoms with Gasteiger partial charge in [0.1, 0.15) is 6.54 Å². The van der Waals surface area contributed by atoms with Crippen molar-refractivity contribution in [1.82, 2.24) is 9.80 Å². The van der Waals surface area contributed by atoms with Crippen LogP contribution < -0.4 is 0 Å². The predicted molar refractivity (Wildman–Crippen MR) is 102 cm³/mol. The predicted octanol–water partition coefficient (Wildman–Crippen LogP) is 1.49. The van der Waals surface area contributed by atoms with Crippen molar-refractivity contribution in [2.45, 2.75) is 44.8 Å². The normalized spacial score (nSPS) is 22.0. The first kappa shape index (κ1) is 19.9. The van der Waals surface area contributed by atoms with Crippen LogP contribution in [0.3, 0.4) is 0 Å². The van der Waals surface area contributed by atoms with Gasteiger partial charge in [-0.25, -0.2) is 0 Å². The van der Waals surface area contributed by atoms with Gasteiger partial charge < -0.3 is 19.7 Å². The molecule has 150 valence electrons. The maximum atomic E-state index is 12.9. The number of rotatable bonds is 5. The molecule has 0 spiro atoms. The third kappa shape index (κ3) is 4.68. The zero-order chi connectivity index (χ0) is 20.1. The highest BCUT2D eigenvalue weighted by molar-refractivity contribution is 6.04. The molecular weight excluding hydrogens is 362 g/mol. The summed E-state index contributed by atoms with van der Waals surface area (Å²) < 4.78 is 0. The zero-order valence-corrected chi connectivity index (χ0v) is 15.9. The molecule has 1 saturated heterocycles. The quantitative estimate of drug-likeness (QED) is 0.825. The summed E-state index contributed by atoms with van der Waals surface area (Å²) in [5.74, 6) is -1.40. The van der Waals surface area contributed by atoms with Crippen LogP contribution in [-0.2, 0) is 19.2 Å². The number of carboxylic acid groups (broad SMARTS) is 1. The molecule has 1 N–H and O–H groups in total. The van der Waals surface area contributed by atoms with E-state index in [1.54, 1.807) is 4.90 Å². The van der Waals surface area contributed by atoms with E-state index in [0.717, 1.165) is 11.3 Å². The van der Waals surface area contributed by atoms with Crippen LogP contribution >= 0.6 is 0 Å². The molecule has 3 rings (SSSR count). The maximum Gasteiger partial charge on any atom is 0.323 e. The maximum absolute atomic E-state index is 12.9. The molecule has 1 aromatic rings. The fourth-order valence-electron chi connectivity index (χ4n) is 3.77. The Morgan fingerprint density at radius 1 is 1.21 bits per heavy atom. The second kappa shape index (κ2) is 8.86. The van der Waals surface area contributed by atoms with Crippen molar-refractivity contribution in [2.24, 2.45) is 5.16 Å². The smallest absolute Gasteiger partial charge is 0.323 e. The van der Waals surface area contributed by atoms with E-state index in [4.69, 9.17) is 9.94 Å². The summed E-state index contributed by atoms with van der Waals surface area (Å²) in [6, 6.07) is 9.45. The lowest BCUT2D eigenvalue weighted by Gasteiger charge is -2.29. The lowest BCUT2D eigenvalue weighted by molar-refractivity contribution is -0.145. The van der Waals surface area contributed by atoms with Gasteiger partial charge in [-0.2, -0.15) is 0 Å². The first-order valence-corrected chi connectivity index (χ1v) is 9.51. The van der Waals surface area contributed by atoms with E-state index in [0.29, 0.717) is 38.8 Å². The molecule has 2 unspecified atom stereocenters. The van der Waals surface area contributed by atoms with Crippen molar-refractivity contribution in [1.29, 1.82) is 0 Å². The Morgan fingerprint density at radius 2 is 1.96 bits per heavy atom. The number of benzene rings is 1. The number of hydrogen-bond donors (Lipinski definition) is 1. The molecule has 1 fully saturated rings. The fraction of sp³-hybridized carbons (Fsp3) is 0.500. The second-order valence-corrected chi connectivity index (χ2v) is 7.15. The minimum Gasteiger partial charge on any atom is -0.480 e. The van der Waals surface area contributed by atoms with E-state index in [2.05, 4.69) is 5.16 Å². The highest BCUT2D eigenvalue weighted by Gasteiger charge is 2.34. The summed E-state index contributed by atoms with van der Waals surface area (Å²) in [7, 11) is 0. The van der Waals surface area contributed by atoms with Gasteiger partial charge in [0, 0.05) is 32.5 Å². The standard InChI is InChI=1S/C20H25N3O5/c1-14(24)23(13-19(25)26)16-8-5-10-22(11-9-16)20(27)18-12-17(21-28-18)15-6-3-2-4-7-15/h2-4,6-7,16,18H,5,8-13H2,1H3,(H,25,26). The number of aliphatic carboxylic acids is 1. The molecule has 0 radical (unpaired) electrons. The monoisotopic (exact) mass is 387 g/mol. The Morgan fingerprint density at radius 3 is 2.64 bits per heavy atom. The number of hydrogen-bond acceptors (Lipinski definition) is 5. The Balaban J connectivity index is 1.58. The molecule has 2 atom stereocenters. The van der Waals surface area contributed by atoms with E-state index in [9.17, 15) is 14.4 Å². The van der Waals surface area contributed by atoms with E-state index in [1.807, 2.05) is 30.3 Å². The molecular formula is C20H25N3O5. The summed E-state index contributed by atoms with van der Waals surface area (Å²) >= 11 is 0. The molecule has 0 aliphatic carbocycles. The number of carboxylic acids is 1. The van der Waals surface area contributed by atoms with Crippen LogP contribution in [0.2, 0.25) is 0 Å². The van der Waals surface area contributed by atoms with Gasteiger partial charge in [0.2, 0.25) is 12.0 Å². The topological polar surface area (TPSA) is 99.5 Å². The van der Waals surface area contributed by atoms with Crippen molar-refractivity contribution in [3.05, 3.63) is 35.9 Å². The number of amides is 2. The summed E-state index contributed by atoms with van der Waals surface area (Å²) in [5, 5.41) is 13.1. The first-order valence-electron chi connectivity index (χ1n) is 9.51. The Bertz CT molecular complexity index is 764. The lowest BCUT2D eigenvalue weighted by Crippen LogP contribution is -2.43. The molecule has 1 aromatic carbocycles. The third-order valence-corrected chi connectivity index (χ3v) is 5.21. The van der Waals surface area contributed by atoms with Gasteiger partial charge in [-0.05, 0) is 24.8 Å². The Labute approximate surface area is 163 Å². The van der Waals surface area contributed by atoms with Crippen molar-refractivity contribution >= 4 is 23.5 Å². The lowest BCUT2D eigenvalue weighted by atomic mass is 10.0. The number of nitrogens with zero attached hydrogens (tertiary/aromatic N) is 3. The van der Waals surface area contributed by atoms with Gasteiger partial charge in [-0.3, -0.25) is 14.4 Å². The number of likely N-dealkylation sites (tertiary alicyclic amines) is 1. The highest BCUT2D eigenvalue weighted by atomic mass is 16.6. The molecule has 2 amide bonds. The van der Waals surface area contributed by atoms with Crippen molar-refractivity contribution in [2.75, 3.05) is 19.6 Å². The molecule has 0 saturated carbocycles. The second-order valence-electron chi connectivity index (χ2n) is 7.15. The van der Waals surface area contributed by atoms with Crippen molar-refractivity contribution in [3.8, 4) is 0 Å². The molecule has 2 heterocycles. The van der Waals surface area contributed by atoms with Gasteiger partial charge in [0.25, 0.3) is 5.91 Å². The average molecular weight is 387 g/mol. The molecule has 2 aliphatic heterocycles. The highest BCUT2D eigenvalue weighted by Crippen LogP contribution is 2.22. The van der Waals surface area contributed by atoms with Crippen molar-refractivity contribution in [3.63, 3.8) is 0 Å². The first-order chi connectivity index (χ1) is 13.5. The van der Waals surface area contributed by atoms with E-state index >= 15 is 0 Å². The SMILES string of the molecule is CC(=O)N(CC(=O)O)C1CCCN(C(=O)C2CC(c3ccccc3)=NO2)CC1. The minimum absolute atomic E-state index is 0.108. The largest absolute Gasteiger partial charge is 0.480 e. The van der Waals surface area contributed by atoms with Crippen LogP contribution in [0.4, 0.5) is 0 Å². The minimum atomic E-state index is -1.03. The van der Waals surface area contributed by atoms with E-state index < -0.39 is 12.1 Å². The molecule has 8 heteroatoms. The summed E-state index contributed by atoms with van der Waals surface area (Å²) in [5.41, 5.74) is 1.70. The van der Waals surface area contributed by atoms with Crippen LogP contribution in [0.1, 0.15) is 38.2 Å². The van der Waals surface area contributed by atoms with Crippen molar-refractivity contribution < 1.29 is 24.3 Å². The Kier molecular flexibility index (Phi) is 6.28. The summed E-state index contributed by atoms with van der Waals surface area (Å²) in [6.45, 7) is 2.10. The zero-order valence-electron chi connectivity index (χ0n) is 15.9. The van der Waals surface area contributed by atoms with Crippen LogP contribution in [0.5, 0.6) is 0 Å². The van der Waals surface area contributed by atoms with Gasteiger partial charge in [0.05, 0.1) is 5.71 Å². The Hall–Kier alpha value is -2.90. The fourth-order valence-corrected chi connectivity index (χ4v) is 3.77. The van der Waals surface area contributed by atoms with Gasteiger partial charge >= 0.3 is 5.97 Å². The van der Waals surface area contributed by atoms with Crippen LogP contribution in [0, 0.1) is 0 Å². The van der Waals surface area contributed by atoms with Crippen LogP contribution in [-0.4, -0.2) is 70.2 Å². The van der Waals surface area contributed by atoms with Gasteiger partial charge in [-0.1, -0.05) is 35.5 Å². The molecule has 0 aromatic heterocycles. The third-order valence-electron chi connectivity index (χ3n) is 5.21. The average Bonchev–Trinajstić information content (AvgIpc) is 3.05.